The van der Waals surface area contributed by atoms with Crippen molar-refractivity contribution in [2.45, 2.75) is 13.3 Å². The summed E-state index contributed by atoms with van der Waals surface area (Å²) in [5.74, 6) is -0.0320. The van der Waals surface area contributed by atoms with Crippen molar-refractivity contribution in [1.29, 1.82) is 0 Å². The SMILES string of the molecule is Cc1cc2nccc(C(=O)N3CCc4ccccc43)n2n1. The summed E-state index contributed by atoms with van der Waals surface area (Å²) >= 11 is 0. The van der Waals surface area contributed by atoms with Gasteiger partial charge in [0, 0.05) is 24.5 Å². The molecule has 0 fully saturated rings. The van der Waals surface area contributed by atoms with Gasteiger partial charge in [-0.1, -0.05) is 18.2 Å². The van der Waals surface area contributed by atoms with Crippen molar-refractivity contribution in [3.63, 3.8) is 0 Å². The van der Waals surface area contributed by atoms with Crippen molar-refractivity contribution >= 4 is 17.2 Å². The second-order valence-corrected chi connectivity index (χ2v) is 5.22. The van der Waals surface area contributed by atoms with E-state index in [1.807, 2.05) is 36.1 Å². The molecule has 3 aromatic rings. The molecule has 0 saturated heterocycles. The van der Waals surface area contributed by atoms with E-state index in [0.29, 0.717) is 17.9 Å². The van der Waals surface area contributed by atoms with Crippen molar-refractivity contribution in [2.75, 3.05) is 11.4 Å². The lowest BCUT2D eigenvalue weighted by atomic mass is 10.2. The van der Waals surface area contributed by atoms with Crippen molar-refractivity contribution in [2.24, 2.45) is 0 Å². The van der Waals surface area contributed by atoms with E-state index in [1.165, 1.54) is 5.56 Å². The molecule has 21 heavy (non-hydrogen) atoms. The molecule has 0 spiro atoms. The van der Waals surface area contributed by atoms with Gasteiger partial charge in [0.25, 0.3) is 5.91 Å². The number of rotatable bonds is 1. The first-order valence-corrected chi connectivity index (χ1v) is 6.95. The molecule has 0 bridgehead atoms. The minimum absolute atomic E-state index is 0.0320. The van der Waals surface area contributed by atoms with Crippen LogP contribution >= 0.6 is 0 Å². The summed E-state index contributed by atoms with van der Waals surface area (Å²) in [5.41, 5.74) is 4.31. The molecule has 0 unspecified atom stereocenters. The van der Waals surface area contributed by atoms with Crippen LogP contribution in [0.1, 0.15) is 21.7 Å². The van der Waals surface area contributed by atoms with E-state index >= 15 is 0 Å². The molecule has 5 heteroatoms. The number of hydrogen-bond acceptors (Lipinski definition) is 3. The quantitative estimate of drug-likeness (QED) is 0.686. The largest absolute Gasteiger partial charge is 0.306 e. The van der Waals surface area contributed by atoms with Crippen molar-refractivity contribution in [3.05, 3.63) is 59.5 Å². The summed E-state index contributed by atoms with van der Waals surface area (Å²) in [4.78, 5) is 18.9. The highest BCUT2D eigenvalue weighted by molar-refractivity contribution is 6.06. The van der Waals surface area contributed by atoms with Crippen molar-refractivity contribution in [3.8, 4) is 0 Å². The van der Waals surface area contributed by atoms with E-state index < -0.39 is 0 Å². The lowest BCUT2D eigenvalue weighted by molar-refractivity contribution is 0.0982. The molecule has 104 valence electrons. The highest BCUT2D eigenvalue weighted by atomic mass is 16.2. The second-order valence-electron chi connectivity index (χ2n) is 5.22. The minimum Gasteiger partial charge on any atom is -0.306 e. The molecule has 0 saturated carbocycles. The Hall–Kier alpha value is -2.69. The number of benzene rings is 1. The molecular formula is C16H14N4O. The lowest BCUT2D eigenvalue weighted by Crippen LogP contribution is -2.30. The van der Waals surface area contributed by atoms with Gasteiger partial charge >= 0.3 is 0 Å². The molecule has 0 aliphatic carbocycles. The number of aryl methyl sites for hydroxylation is 1. The lowest BCUT2D eigenvalue weighted by Gasteiger charge is -2.17. The zero-order valence-corrected chi connectivity index (χ0v) is 11.7. The molecule has 5 nitrogen and oxygen atoms in total. The third-order valence-corrected chi connectivity index (χ3v) is 3.83. The van der Waals surface area contributed by atoms with Crippen LogP contribution in [0, 0.1) is 6.92 Å². The van der Waals surface area contributed by atoms with Gasteiger partial charge in [-0.3, -0.25) is 4.79 Å². The predicted molar refractivity (Wildman–Crippen MR) is 79.5 cm³/mol. The number of hydrogen-bond donors (Lipinski definition) is 0. The van der Waals surface area contributed by atoms with Crippen LogP contribution in [0.2, 0.25) is 0 Å². The van der Waals surface area contributed by atoms with Crippen LogP contribution in [0.4, 0.5) is 5.69 Å². The first kappa shape index (κ1) is 12.1. The Morgan fingerprint density at radius 3 is 3.00 bits per heavy atom. The van der Waals surface area contributed by atoms with Gasteiger partial charge in [0.05, 0.1) is 5.69 Å². The van der Waals surface area contributed by atoms with E-state index in [9.17, 15) is 4.79 Å². The summed E-state index contributed by atoms with van der Waals surface area (Å²) in [6.07, 6.45) is 2.56. The fourth-order valence-electron chi connectivity index (χ4n) is 2.86. The fraction of sp³-hybridized carbons (Fsp3) is 0.188. The molecule has 1 aliphatic rings. The van der Waals surface area contributed by atoms with Crippen LogP contribution in [0.3, 0.4) is 0 Å². The Morgan fingerprint density at radius 2 is 2.10 bits per heavy atom. The average molecular weight is 278 g/mol. The molecule has 2 aromatic heterocycles. The van der Waals surface area contributed by atoms with Crippen LogP contribution < -0.4 is 4.90 Å². The number of nitrogens with zero attached hydrogens (tertiary/aromatic N) is 4. The summed E-state index contributed by atoms with van der Waals surface area (Å²) in [6.45, 7) is 2.61. The molecule has 3 heterocycles. The number of fused-ring (bicyclic) bond motifs is 2. The van der Waals surface area contributed by atoms with Crippen molar-refractivity contribution in [1.82, 2.24) is 14.6 Å². The molecule has 0 N–H and O–H groups in total. The summed E-state index contributed by atoms with van der Waals surface area (Å²) in [7, 11) is 0. The highest BCUT2D eigenvalue weighted by Gasteiger charge is 2.26. The Kier molecular flexibility index (Phi) is 2.54. The molecule has 0 atom stereocenters. The maximum Gasteiger partial charge on any atom is 0.277 e. The first-order chi connectivity index (χ1) is 10.2. The minimum atomic E-state index is -0.0320. The highest BCUT2D eigenvalue weighted by Crippen LogP contribution is 2.28. The smallest absolute Gasteiger partial charge is 0.277 e. The third kappa shape index (κ3) is 1.81. The maximum absolute atomic E-state index is 12.9. The van der Waals surface area contributed by atoms with E-state index in [0.717, 1.165) is 17.8 Å². The van der Waals surface area contributed by atoms with E-state index in [-0.39, 0.29) is 5.91 Å². The van der Waals surface area contributed by atoms with Crippen LogP contribution in [-0.4, -0.2) is 27.0 Å². The number of carbonyl (C=O) groups excluding carboxylic acids is 1. The standard InChI is InChI=1S/C16H14N4O/c1-11-10-15-17-8-6-14(20(15)18-11)16(21)19-9-7-12-4-2-3-5-13(12)19/h2-6,8,10H,7,9H2,1H3. The molecule has 1 aromatic carbocycles. The van der Waals surface area contributed by atoms with E-state index in [4.69, 9.17) is 0 Å². The van der Waals surface area contributed by atoms with Gasteiger partial charge in [0.15, 0.2) is 5.65 Å². The monoisotopic (exact) mass is 278 g/mol. The fourth-order valence-corrected chi connectivity index (χ4v) is 2.86. The van der Waals surface area contributed by atoms with E-state index in [2.05, 4.69) is 16.1 Å². The molecule has 1 amide bonds. The zero-order valence-electron chi connectivity index (χ0n) is 11.7. The van der Waals surface area contributed by atoms with Crippen LogP contribution in [0.25, 0.3) is 5.65 Å². The Labute approximate surface area is 121 Å². The summed E-state index contributed by atoms with van der Waals surface area (Å²) in [6, 6.07) is 11.6. The third-order valence-electron chi connectivity index (χ3n) is 3.83. The molecule has 0 radical (unpaired) electrons. The van der Waals surface area contributed by atoms with Gasteiger partial charge in [-0.2, -0.15) is 5.10 Å². The second kappa shape index (κ2) is 4.41. The number of para-hydroxylation sites is 1. The normalized spacial score (nSPS) is 13.7. The van der Waals surface area contributed by atoms with Crippen LogP contribution in [0.15, 0.2) is 42.6 Å². The van der Waals surface area contributed by atoms with E-state index in [1.54, 1.807) is 16.8 Å². The summed E-state index contributed by atoms with van der Waals surface area (Å²) in [5, 5.41) is 4.37. The van der Waals surface area contributed by atoms with Gasteiger partial charge in [0.2, 0.25) is 0 Å². The number of anilines is 1. The van der Waals surface area contributed by atoms with Gasteiger partial charge in [-0.25, -0.2) is 9.50 Å². The maximum atomic E-state index is 12.9. The summed E-state index contributed by atoms with van der Waals surface area (Å²) < 4.78 is 1.62. The Balaban J connectivity index is 1.81. The number of aromatic nitrogens is 3. The van der Waals surface area contributed by atoms with Gasteiger partial charge < -0.3 is 4.90 Å². The topological polar surface area (TPSA) is 50.5 Å². The van der Waals surface area contributed by atoms with Crippen LogP contribution in [-0.2, 0) is 6.42 Å². The van der Waals surface area contributed by atoms with Crippen molar-refractivity contribution < 1.29 is 4.79 Å². The molecule has 4 rings (SSSR count). The van der Waals surface area contributed by atoms with Gasteiger partial charge in [0.1, 0.15) is 5.69 Å². The Morgan fingerprint density at radius 1 is 1.24 bits per heavy atom. The molecule has 1 aliphatic heterocycles. The first-order valence-electron chi connectivity index (χ1n) is 6.95. The van der Waals surface area contributed by atoms with Gasteiger partial charge in [-0.05, 0) is 31.0 Å². The number of carbonyl (C=O) groups is 1. The zero-order chi connectivity index (χ0) is 14.4. The predicted octanol–water partition coefficient (Wildman–Crippen LogP) is 2.24. The molecular weight excluding hydrogens is 264 g/mol. The van der Waals surface area contributed by atoms with Gasteiger partial charge in [-0.15, -0.1) is 0 Å². The van der Waals surface area contributed by atoms with Crippen LogP contribution in [0.5, 0.6) is 0 Å². The number of amides is 1. The average Bonchev–Trinajstić information content (AvgIpc) is 3.08. The Bertz CT molecular complexity index is 852.